The third kappa shape index (κ3) is 1.01. The predicted molar refractivity (Wildman–Crippen MR) is 45.1 cm³/mol. The van der Waals surface area contributed by atoms with Gasteiger partial charge in [-0.1, -0.05) is 24.3 Å². The highest BCUT2D eigenvalue weighted by atomic mass is 15.0. The highest BCUT2D eigenvalue weighted by Gasteiger charge is 2.11. The molecule has 1 radical (unpaired) electrons. The lowest BCUT2D eigenvalue weighted by molar-refractivity contribution is 0.872. The van der Waals surface area contributed by atoms with Gasteiger partial charge in [-0.15, -0.1) is 0 Å². The molecule has 1 aromatic carbocycles. The standard InChI is InChI=1S/C9H9N2/c10-9-8-4-2-1-3-7(8)5-6-11-9/h1-6,11H,10H2. The quantitative estimate of drug-likeness (QED) is 0.572. The summed E-state index contributed by atoms with van der Waals surface area (Å²) >= 11 is 0. The summed E-state index contributed by atoms with van der Waals surface area (Å²) in [5.74, 6) is 0. The zero-order valence-corrected chi connectivity index (χ0v) is 6.04. The van der Waals surface area contributed by atoms with Crippen LogP contribution in [-0.4, -0.2) is 0 Å². The molecule has 2 nitrogen and oxygen atoms in total. The number of hydrogen-bond acceptors (Lipinski definition) is 2. The first kappa shape index (κ1) is 6.43. The van der Waals surface area contributed by atoms with Gasteiger partial charge in [0, 0.05) is 5.56 Å². The summed E-state index contributed by atoms with van der Waals surface area (Å²) in [6.45, 7) is 0. The fourth-order valence-electron chi connectivity index (χ4n) is 1.19. The Hall–Kier alpha value is -1.28. The molecule has 1 aliphatic heterocycles. The summed E-state index contributed by atoms with van der Waals surface area (Å²) in [5, 5.41) is 2.95. The van der Waals surface area contributed by atoms with Crippen LogP contribution in [0.4, 0.5) is 0 Å². The molecule has 0 atom stereocenters. The van der Waals surface area contributed by atoms with E-state index in [0.29, 0.717) is 0 Å². The molecule has 0 unspecified atom stereocenters. The minimum Gasteiger partial charge on any atom is -0.366 e. The van der Waals surface area contributed by atoms with Crippen LogP contribution in [0.15, 0.2) is 30.5 Å². The van der Waals surface area contributed by atoms with E-state index in [1.165, 1.54) is 5.56 Å². The van der Waals surface area contributed by atoms with Crippen LogP contribution < -0.4 is 11.1 Å². The van der Waals surface area contributed by atoms with Crippen LogP contribution in [0.1, 0.15) is 11.1 Å². The molecular weight excluding hydrogens is 136 g/mol. The average Bonchev–Trinajstić information content (AvgIpc) is 2.06. The van der Waals surface area contributed by atoms with E-state index in [-0.39, 0.29) is 0 Å². The summed E-state index contributed by atoms with van der Waals surface area (Å²) in [6.07, 6.45) is 4.58. The molecule has 0 spiro atoms. The first-order chi connectivity index (χ1) is 5.38. The minimum atomic E-state index is 0.725. The molecule has 11 heavy (non-hydrogen) atoms. The summed E-state index contributed by atoms with van der Waals surface area (Å²) in [4.78, 5) is 0. The van der Waals surface area contributed by atoms with Crippen LogP contribution in [0.25, 0.3) is 6.08 Å². The number of benzene rings is 1. The Morgan fingerprint density at radius 1 is 1.18 bits per heavy atom. The SMILES string of the molecule is N[C]1NC=Cc2ccccc21. The zero-order valence-electron chi connectivity index (χ0n) is 6.04. The molecule has 0 amide bonds. The summed E-state index contributed by atoms with van der Waals surface area (Å²) in [6, 6.07) is 8.02. The molecular formula is C9H9N2. The monoisotopic (exact) mass is 145 g/mol. The van der Waals surface area contributed by atoms with Gasteiger partial charge in [-0.25, -0.2) is 0 Å². The van der Waals surface area contributed by atoms with Crippen LogP contribution in [0, 0.1) is 6.17 Å². The Morgan fingerprint density at radius 3 is 2.82 bits per heavy atom. The molecule has 1 heterocycles. The third-order valence-corrected chi connectivity index (χ3v) is 1.75. The molecule has 0 bridgehead atoms. The Labute approximate surface area is 65.7 Å². The van der Waals surface area contributed by atoms with Gasteiger partial charge in [0.2, 0.25) is 0 Å². The topological polar surface area (TPSA) is 38.0 Å². The molecule has 55 valence electrons. The smallest absolute Gasteiger partial charge is 0.154 e. The van der Waals surface area contributed by atoms with Gasteiger partial charge in [-0.05, 0) is 17.8 Å². The number of hydrogen-bond donors (Lipinski definition) is 2. The van der Waals surface area contributed by atoms with Gasteiger partial charge < -0.3 is 11.1 Å². The molecule has 2 rings (SSSR count). The summed E-state index contributed by atoms with van der Waals surface area (Å²) in [7, 11) is 0. The number of fused-ring (bicyclic) bond motifs is 1. The van der Waals surface area contributed by atoms with E-state index in [4.69, 9.17) is 5.73 Å². The van der Waals surface area contributed by atoms with Gasteiger partial charge in [-0.3, -0.25) is 0 Å². The van der Waals surface area contributed by atoms with Crippen LogP contribution >= 0.6 is 0 Å². The third-order valence-electron chi connectivity index (χ3n) is 1.75. The van der Waals surface area contributed by atoms with Crippen molar-refractivity contribution in [1.29, 1.82) is 0 Å². The second-order valence-electron chi connectivity index (χ2n) is 2.48. The predicted octanol–water partition coefficient (Wildman–Crippen LogP) is 1.06. The molecule has 1 aliphatic rings. The van der Waals surface area contributed by atoms with E-state index in [9.17, 15) is 0 Å². The fourth-order valence-corrected chi connectivity index (χ4v) is 1.19. The van der Waals surface area contributed by atoms with Gasteiger partial charge >= 0.3 is 0 Å². The number of nitrogens with one attached hydrogen (secondary N) is 1. The van der Waals surface area contributed by atoms with Gasteiger partial charge in [-0.2, -0.15) is 0 Å². The van der Waals surface area contributed by atoms with Gasteiger partial charge in [0.25, 0.3) is 0 Å². The van der Waals surface area contributed by atoms with Crippen LogP contribution in [0.2, 0.25) is 0 Å². The highest BCUT2D eigenvalue weighted by molar-refractivity contribution is 5.60. The molecule has 0 aromatic heterocycles. The first-order valence-electron chi connectivity index (χ1n) is 3.53. The van der Waals surface area contributed by atoms with E-state index in [2.05, 4.69) is 5.32 Å². The van der Waals surface area contributed by atoms with Crippen LogP contribution in [0.5, 0.6) is 0 Å². The lowest BCUT2D eigenvalue weighted by atomic mass is 10.0. The van der Waals surface area contributed by atoms with Crippen molar-refractivity contribution in [3.63, 3.8) is 0 Å². The minimum absolute atomic E-state index is 0.725. The Bertz CT molecular complexity index is 291. The maximum atomic E-state index is 5.70. The van der Waals surface area contributed by atoms with Gasteiger partial charge in [0.05, 0.1) is 0 Å². The second-order valence-corrected chi connectivity index (χ2v) is 2.48. The molecule has 0 saturated carbocycles. The van der Waals surface area contributed by atoms with Gasteiger partial charge in [0.15, 0.2) is 6.17 Å². The molecule has 0 fully saturated rings. The lowest BCUT2D eigenvalue weighted by Gasteiger charge is -2.17. The van der Waals surface area contributed by atoms with Crippen molar-refractivity contribution < 1.29 is 0 Å². The number of rotatable bonds is 0. The molecule has 0 saturated heterocycles. The van der Waals surface area contributed by atoms with E-state index in [1.807, 2.05) is 36.5 Å². The molecule has 2 heteroatoms. The van der Waals surface area contributed by atoms with Crippen molar-refractivity contribution in [3.05, 3.63) is 47.8 Å². The summed E-state index contributed by atoms with van der Waals surface area (Å²) in [5.41, 5.74) is 7.95. The maximum absolute atomic E-state index is 5.70. The molecule has 0 aliphatic carbocycles. The van der Waals surface area contributed by atoms with Crippen LogP contribution in [0.3, 0.4) is 0 Å². The maximum Gasteiger partial charge on any atom is 0.154 e. The number of nitrogens with two attached hydrogens (primary N) is 1. The summed E-state index contributed by atoms with van der Waals surface area (Å²) < 4.78 is 0. The largest absolute Gasteiger partial charge is 0.366 e. The van der Waals surface area contributed by atoms with E-state index < -0.39 is 0 Å². The second kappa shape index (κ2) is 2.40. The van der Waals surface area contributed by atoms with Crippen molar-refractivity contribution in [1.82, 2.24) is 5.32 Å². The van der Waals surface area contributed by atoms with E-state index in [0.717, 1.165) is 11.7 Å². The Balaban J connectivity index is 2.54. The fraction of sp³-hybridized carbons (Fsp3) is 0. The van der Waals surface area contributed by atoms with Crippen molar-refractivity contribution in [3.8, 4) is 0 Å². The first-order valence-corrected chi connectivity index (χ1v) is 3.53. The van der Waals surface area contributed by atoms with Crippen LogP contribution in [-0.2, 0) is 0 Å². The molecule has 1 aromatic rings. The average molecular weight is 145 g/mol. The van der Waals surface area contributed by atoms with Crippen molar-refractivity contribution in [2.24, 2.45) is 5.73 Å². The van der Waals surface area contributed by atoms with E-state index >= 15 is 0 Å². The Morgan fingerprint density at radius 2 is 2.00 bits per heavy atom. The lowest BCUT2D eigenvalue weighted by Crippen LogP contribution is -2.28. The van der Waals surface area contributed by atoms with Crippen molar-refractivity contribution >= 4 is 6.08 Å². The van der Waals surface area contributed by atoms with E-state index in [1.54, 1.807) is 0 Å². The van der Waals surface area contributed by atoms with Crippen molar-refractivity contribution in [2.75, 3.05) is 0 Å². The molecule has 3 N–H and O–H groups in total. The normalized spacial score (nSPS) is 15.7. The van der Waals surface area contributed by atoms with Crippen molar-refractivity contribution in [2.45, 2.75) is 0 Å². The Kier molecular flexibility index (Phi) is 1.40. The zero-order chi connectivity index (χ0) is 7.68. The highest BCUT2D eigenvalue weighted by Crippen LogP contribution is 2.18. The van der Waals surface area contributed by atoms with Gasteiger partial charge in [0.1, 0.15) is 0 Å².